The van der Waals surface area contributed by atoms with E-state index in [1.165, 1.54) is 12.1 Å². The van der Waals surface area contributed by atoms with E-state index in [-0.39, 0.29) is 22.5 Å². The number of ether oxygens (including phenoxy) is 1. The number of carboxylic acid groups (broad SMARTS) is 1. The van der Waals surface area contributed by atoms with Gasteiger partial charge in [0.2, 0.25) is 10.0 Å². The van der Waals surface area contributed by atoms with Crippen molar-refractivity contribution in [2.45, 2.75) is 44.7 Å². The number of hydrogen-bond acceptors (Lipinski definition) is 4. The van der Waals surface area contributed by atoms with Crippen molar-refractivity contribution in [1.82, 2.24) is 9.21 Å². The van der Waals surface area contributed by atoms with Crippen LogP contribution in [0.3, 0.4) is 0 Å². The lowest BCUT2D eigenvalue weighted by Gasteiger charge is -2.26. The summed E-state index contributed by atoms with van der Waals surface area (Å²) < 4.78 is 33.9. The summed E-state index contributed by atoms with van der Waals surface area (Å²) in [5.74, 6) is 6.06. The molecule has 7 nitrogen and oxygen atoms in total. The molecule has 3 aromatic carbocycles. The number of quaternary nitrogens is 1. The summed E-state index contributed by atoms with van der Waals surface area (Å²) >= 11 is 0. The monoisotopic (exact) mass is 531 g/mol. The van der Waals surface area contributed by atoms with Crippen molar-refractivity contribution in [3.8, 4) is 17.6 Å². The number of amides is 1. The number of nitrogens with one attached hydrogen (secondary N) is 1. The van der Waals surface area contributed by atoms with Crippen LogP contribution in [0, 0.1) is 18.8 Å². The molecule has 1 amide bonds. The van der Waals surface area contributed by atoms with Crippen LogP contribution in [-0.4, -0.2) is 32.3 Å². The Bertz CT molecular complexity index is 1530. The van der Waals surface area contributed by atoms with E-state index in [0.717, 1.165) is 22.3 Å². The van der Waals surface area contributed by atoms with Crippen LogP contribution in [0.25, 0.3) is 5.57 Å². The van der Waals surface area contributed by atoms with E-state index in [0.29, 0.717) is 17.9 Å². The van der Waals surface area contributed by atoms with Crippen molar-refractivity contribution >= 4 is 27.4 Å². The number of carbonyl (C=O) groups is 1. The van der Waals surface area contributed by atoms with Crippen LogP contribution < -0.4 is 13.9 Å². The minimum Gasteiger partial charge on any atom is -0.481 e. The lowest BCUT2D eigenvalue weighted by Crippen LogP contribution is -2.46. The smallest absolute Gasteiger partial charge is 0.481 e. The molecule has 0 saturated heterocycles. The minimum atomic E-state index is -3.80. The molecule has 196 valence electrons. The van der Waals surface area contributed by atoms with Crippen LogP contribution in [0.4, 0.5) is 10.5 Å². The van der Waals surface area contributed by atoms with Crippen molar-refractivity contribution in [1.29, 1.82) is 0 Å². The number of benzene rings is 3. The van der Waals surface area contributed by atoms with Gasteiger partial charge in [-0.3, -0.25) is 0 Å². The van der Waals surface area contributed by atoms with Crippen molar-refractivity contribution < 1.29 is 23.1 Å². The van der Waals surface area contributed by atoms with Crippen LogP contribution in [-0.2, 0) is 16.6 Å². The number of para-hydroxylation sites is 1. The fourth-order valence-corrected chi connectivity index (χ4v) is 5.97. The molecule has 0 spiro atoms. The summed E-state index contributed by atoms with van der Waals surface area (Å²) in [5.41, 5.74) is 4.22. The predicted octanol–water partition coefficient (Wildman–Crippen LogP) is 5.69. The number of aryl methyl sites for hydroxylation is 1. The molecule has 38 heavy (non-hydrogen) atoms. The Morgan fingerprint density at radius 1 is 1.08 bits per heavy atom. The topological polar surface area (TPSA) is 92.7 Å². The molecule has 0 aromatic heterocycles. The zero-order valence-corrected chi connectivity index (χ0v) is 22.5. The molecule has 1 aliphatic rings. The van der Waals surface area contributed by atoms with Gasteiger partial charge in [0.25, 0.3) is 0 Å². The van der Waals surface area contributed by atoms with Crippen molar-refractivity contribution in [2.24, 2.45) is 0 Å². The second-order valence-electron chi connectivity index (χ2n) is 9.38. The van der Waals surface area contributed by atoms with E-state index < -0.39 is 22.2 Å². The molecule has 0 aliphatic carbocycles. The van der Waals surface area contributed by atoms with Crippen LogP contribution in [0.2, 0.25) is 0 Å². The van der Waals surface area contributed by atoms with E-state index in [4.69, 9.17) is 4.74 Å². The first-order chi connectivity index (χ1) is 18.1. The Morgan fingerprint density at radius 2 is 1.82 bits per heavy atom. The summed E-state index contributed by atoms with van der Waals surface area (Å²) in [4.78, 5) is 12.8. The molecule has 0 saturated carbocycles. The van der Waals surface area contributed by atoms with Gasteiger partial charge >= 0.3 is 6.09 Å². The highest BCUT2D eigenvalue weighted by molar-refractivity contribution is 7.89. The number of hydrogen-bond donors (Lipinski definition) is 2. The second-order valence-corrected chi connectivity index (χ2v) is 11.1. The maximum absolute atomic E-state index is 13.1. The molecule has 4 rings (SSSR count). The minimum absolute atomic E-state index is 0.120. The number of fused-ring (bicyclic) bond motifs is 1. The average Bonchev–Trinajstić information content (AvgIpc) is 3.18. The molecule has 0 bridgehead atoms. The standard InChI is InChI=1S/C30H30N2O5S/c1-4-5-17-37-26-13-15-27(16-14-26)38(35,36)31-23(3)19-25-21-32(30(33)34,29-12-7-6-11-28(25)29)20-24-10-8-9-22(2)18-24/h6-16,18,21,23,31H,17,19-20H2,1-3H3/p+1/t23-,32?/m1/s1. The molecule has 0 fully saturated rings. The Labute approximate surface area is 224 Å². The summed E-state index contributed by atoms with van der Waals surface area (Å²) in [6, 6.07) is 20.9. The normalized spacial score (nSPS) is 17.1. The van der Waals surface area contributed by atoms with Gasteiger partial charge in [-0.25, -0.2) is 13.1 Å². The molecule has 1 unspecified atom stereocenters. The lowest BCUT2D eigenvalue weighted by molar-refractivity contribution is 0.162. The van der Waals surface area contributed by atoms with Crippen LogP contribution >= 0.6 is 0 Å². The summed E-state index contributed by atoms with van der Waals surface area (Å²) in [6.45, 7) is 5.95. The van der Waals surface area contributed by atoms with Crippen LogP contribution in [0.5, 0.6) is 5.75 Å². The van der Waals surface area contributed by atoms with Crippen molar-refractivity contribution in [2.75, 3.05) is 6.61 Å². The fraction of sp³-hybridized carbons (Fsp3) is 0.233. The van der Waals surface area contributed by atoms with Gasteiger partial charge in [-0.15, -0.1) is 5.92 Å². The first kappa shape index (κ1) is 27.1. The average molecular weight is 532 g/mol. The summed E-state index contributed by atoms with van der Waals surface area (Å²) in [6.07, 6.45) is 1.08. The fourth-order valence-electron chi connectivity index (χ4n) is 4.73. The molecule has 1 heterocycles. The molecule has 2 N–H and O–H groups in total. The first-order valence-electron chi connectivity index (χ1n) is 12.3. The van der Waals surface area contributed by atoms with Crippen molar-refractivity contribution in [3.05, 3.63) is 95.7 Å². The Hall–Kier alpha value is -3.90. The highest BCUT2D eigenvalue weighted by Gasteiger charge is 2.46. The third kappa shape index (κ3) is 5.81. The van der Waals surface area contributed by atoms with Gasteiger partial charge < -0.3 is 9.84 Å². The number of nitrogens with zero attached hydrogens (tertiary/aromatic N) is 1. The SMILES string of the molecule is CC#CCOc1ccc(S(=O)(=O)N[C@H](C)CC2=C[N+](Cc3cccc(C)c3)(C(=O)O)c3ccccc32)cc1. The largest absolute Gasteiger partial charge is 0.523 e. The zero-order valence-electron chi connectivity index (χ0n) is 21.6. The maximum atomic E-state index is 13.1. The zero-order chi connectivity index (χ0) is 27.3. The summed E-state index contributed by atoms with van der Waals surface area (Å²) in [7, 11) is -3.80. The van der Waals surface area contributed by atoms with Gasteiger partial charge in [-0.05, 0) is 57.5 Å². The highest BCUT2D eigenvalue weighted by Crippen LogP contribution is 2.43. The Kier molecular flexibility index (Phi) is 8.02. The first-order valence-corrected chi connectivity index (χ1v) is 13.8. The number of rotatable bonds is 9. The van der Waals surface area contributed by atoms with Crippen LogP contribution in [0.1, 0.15) is 37.0 Å². The number of sulfonamides is 1. The van der Waals surface area contributed by atoms with E-state index in [1.807, 2.05) is 55.5 Å². The van der Waals surface area contributed by atoms with Gasteiger partial charge in [-0.2, -0.15) is 9.28 Å². The summed E-state index contributed by atoms with van der Waals surface area (Å²) in [5, 5.41) is 10.4. The second kappa shape index (κ2) is 11.2. The predicted molar refractivity (Wildman–Crippen MR) is 149 cm³/mol. The third-order valence-corrected chi connectivity index (χ3v) is 8.02. The molecule has 2 atom stereocenters. The molecule has 1 aliphatic heterocycles. The van der Waals surface area contributed by atoms with Gasteiger partial charge in [0, 0.05) is 28.8 Å². The van der Waals surface area contributed by atoms with Gasteiger partial charge in [0.05, 0.1) is 4.90 Å². The molecular weight excluding hydrogens is 500 g/mol. The molecule has 3 aromatic rings. The van der Waals surface area contributed by atoms with Gasteiger partial charge in [0.15, 0.2) is 5.69 Å². The Morgan fingerprint density at radius 3 is 2.50 bits per heavy atom. The lowest BCUT2D eigenvalue weighted by atomic mass is 10.0. The molecule has 0 radical (unpaired) electrons. The Balaban J connectivity index is 1.56. The van der Waals surface area contributed by atoms with Crippen molar-refractivity contribution in [3.63, 3.8) is 0 Å². The third-order valence-electron chi connectivity index (χ3n) is 6.42. The van der Waals surface area contributed by atoms with Crippen LogP contribution in [0.15, 0.2) is 83.9 Å². The van der Waals surface area contributed by atoms with E-state index in [9.17, 15) is 18.3 Å². The maximum Gasteiger partial charge on any atom is 0.523 e. The molecule has 8 heteroatoms. The molecular formula is C30H31N2O5S+. The van der Waals surface area contributed by atoms with E-state index in [2.05, 4.69) is 16.6 Å². The quantitative estimate of drug-likeness (QED) is 0.273. The van der Waals surface area contributed by atoms with E-state index in [1.54, 1.807) is 32.2 Å². The van der Waals surface area contributed by atoms with E-state index >= 15 is 0 Å². The van der Waals surface area contributed by atoms with Gasteiger partial charge in [0.1, 0.15) is 25.1 Å². The van der Waals surface area contributed by atoms with Gasteiger partial charge in [-0.1, -0.05) is 47.9 Å². The highest BCUT2D eigenvalue weighted by atomic mass is 32.2.